The van der Waals surface area contributed by atoms with Gasteiger partial charge in [0.15, 0.2) is 10.5 Å². The Morgan fingerprint density at radius 3 is 2.39 bits per heavy atom. The number of piperazine rings is 1. The number of ketones is 1. The van der Waals surface area contributed by atoms with Gasteiger partial charge in [0, 0.05) is 64.2 Å². The molecule has 14 heteroatoms. The second-order valence-corrected chi connectivity index (χ2v) is 11.0. The Bertz CT molecular complexity index is 1020. The van der Waals surface area contributed by atoms with Gasteiger partial charge in [-0.1, -0.05) is 12.1 Å². The van der Waals surface area contributed by atoms with Gasteiger partial charge in [-0.25, -0.2) is 13.9 Å². The zero-order valence-corrected chi connectivity index (χ0v) is 20.4. The second-order valence-electron chi connectivity index (χ2n) is 8.75. The minimum absolute atomic E-state index is 0.0405. The van der Waals surface area contributed by atoms with Crippen LogP contribution in [0, 0.1) is 0 Å². The number of carbonyl (C=O) groups excluding carboxylic acids is 2. The number of hydroxylamine groups is 1. The zero-order chi connectivity index (χ0) is 26.4. The number of ether oxygens (including phenoxy) is 2. The van der Waals surface area contributed by atoms with E-state index in [1.807, 2.05) is 0 Å². The molecule has 2 aliphatic heterocycles. The zero-order valence-electron chi connectivity index (χ0n) is 19.6. The Kier molecular flexibility index (Phi) is 9.33. The fourth-order valence-corrected chi connectivity index (χ4v) is 6.58. The first-order chi connectivity index (χ1) is 17.0. The van der Waals surface area contributed by atoms with Gasteiger partial charge in [0.1, 0.15) is 5.75 Å². The number of nitrogens with one attached hydrogen (secondary N) is 1. The largest absolute Gasteiger partial charge is 0.573 e. The number of benzene rings is 1. The topological polar surface area (TPSA) is 125 Å². The SMILES string of the molecule is O=C(CCCCN1CCN(S(=O)(=O)C2(C(=O)NO)CCOCC2)CC1)c1cccc(OC(F)(F)F)c1. The molecule has 0 radical (unpaired) electrons. The summed E-state index contributed by atoms with van der Waals surface area (Å²) in [7, 11) is -4.03. The molecule has 2 aliphatic rings. The van der Waals surface area contributed by atoms with Crippen LogP contribution in [0.1, 0.15) is 42.5 Å². The van der Waals surface area contributed by atoms with Gasteiger partial charge < -0.3 is 14.4 Å². The van der Waals surface area contributed by atoms with E-state index in [2.05, 4.69) is 9.64 Å². The Hall–Kier alpha value is -2.26. The van der Waals surface area contributed by atoms with Crippen molar-refractivity contribution in [1.82, 2.24) is 14.7 Å². The van der Waals surface area contributed by atoms with Gasteiger partial charge in [-0.15, -0.1) is 13.2 Å². The van der Waals surface area contributed by atoms with E-state index in [4.69, 9.17) is 9.94 Å². The van der Waals surface area contributed by atoms with Crippen molar-refractivity contribution in [2.24, 2.45) is 0 Å². The highest BCUT2D eigenvalue weighted by Crippen LogP contribution is 2.33. The van der Waals surface area contributed by atoms with E-state index in [1.165, 1.54) is 21.9 Å². The first kappa shape index (κ1) is 28.3. The van der Waals surface area contributed by atoms with Gasteiger partial charge in [0.25, 0.3) is 5.91 Å². The number of rotatable bonds is 10. The molecule has 2 N–H and O–H groups in total. The fraction of sp³-hybridized carbons (Fsp3) is 0.636. The molecule has 0 aliphatic carbocycles. The average Bonchev–Trinajstić information content (AvgIpc) is 2.85. The van der Waals surface area contributed by atoms with E-state index in [9.17, 15) is 31.2 Å². The number of alkyl halides is 3. The van der Waals surface area contributed by atoms with Gasteiger partial charge in [-0.05, 0) is 31.5 Å². The van der Waals surface area contributed by atoms with Gasteiger partial charge in [0.05, 0.1) is 0 Å². The molecular formula is C22H30F3N3O7S. The monoisotopic (exact) mass is 537 g/mol. The molecule has 202 valence electrons. The average molecular weight is 538 g/mol. The Morgan fingerprint density at radius 1 is 1.11 bits per heavy atom. The van der Waals surface area contributed by atoms with Crippen LogP contribution in [0.5, 0.6) is 5.75 Å². The lowest BCUT2D eigenvalue weighted by molar-refractivity contribution is -0.274. The molecule has 36 heavy (non-hydrogen) atoms. The number of halogens is 3. The highest BCUT2D eigenvalue weighted by molar-refractivity contribution is 7.91. The maximum absolute atomic E-state index is 13.3. The fourth-order valence-electron chi connectivity index (χ4n) is 4.48. The summed E-state index contributed by atoms with van der Waals surface area (Å²) in [5, 5.41) is 9.14. The summed E-state index contributed by atoms with van der Waals surface area (Å²) in [6, 6.07) is 4.96. The maximum Gasteiger partial charge on any atom is 0.573 e. The van der Waals surface area contributed by atoms with Gasteiger partial charge in [-0.2, -0.15) is 4.31 Å². The standard InChI is InChI=1S/C22H30F3N3O7S/c23-22(24,25)35-18-5-3-4-17(16-18)19(29)6-1-2-9-27-10-12-28(13-11-27)36(32,33)21(20(30)26-31)7-14-34-15-8-21/h3-5,16,31H,1-2,6-15H2,(H,26,30). The van der Waals surface area contributed by atoms with Crippen molar-refractivity contribution < 1.29 is 45.9 Å². The van der Waals surface area contributed by atoms with Crippen LogP contribution < -0.4 is 10.2 Å². The third-order valence-electron chi connectivity index (χ3n) is 6.50. The second kappa shape index (κ2) is 11.9. The van der Waals surface area contributed by atoms with Crippen molar-refractivity contribution in [3.05, 3.63) is 29.8 Å². The molecule has 1 aromatic carbocycles. The third-order valence-corrected chi connectivity index (χ3v) is 9.12. The maximum atomic E-state index is 13.3. The molecule has 1 aromatic rings. The number of carbonyl (C=O) groups is 2. The van der Waals surface area contributed by atoms with Crippen molar-refractivity contribution in [3.63, 3.8) is 0 Å². The van der Waals surface area contributed by atoms with E-state index >= 15 is 0 Å². The first-order valence-corrected chi connectivity index (χ1v) is 13.1. The van der Waals surface area contributed by atoms with Crippen LogP contribution in [-0.2, 0) is 19.6 Å². The summed E-state index contributed by atoms with van der Waals surface area (Å²) in [6.45, 7) is 2.09. The lowest BCUT2D eigenvalue weighted by Crippen LogP contribution is -2.62. The summed E-state index contributed by atoms with van der Waals surface area (Å²) in [5.41, 5.74) is 1.65. The van der Waals surface area contributed by atoms with E-state index in [1.54, 1.807) is 0 Å². The van der Waals surface area contributed by atoms with E-state index in [0.717, 1.165) is 12.1 Å². The van der Waals surface area contributed by atoms with E-state index < -0.39 is 32.8 Å². The number of Topliss-reactive ketones (excluding diaryl/α,β-unsaturated/α-hetero) is 1. The van der Waals surface area contributed by atoms with Gasteiger partial charge in [-0.3, -0.25) is 14.8 Å². The summed E-state index contributed by atoms with van der Waals surface area (Å²) >= 11 is 0. The quantitative estimate of drug-likeness (QED) is 0.201. The van der Waals surface area contributed by atoms with Crippen LogP contribution in [0.15, 0.2) is 24.3 Å². The molecule has 0 aromatic heterocycles. The summed E-state index contributed by atoms with van der Waals surface area (Å²) in [6.07, 6.45) is -3.60. The molecule has 0 atom stereocenters. The molecular weight excluding hydrogens is 507 g/mol. The lowest BCUT2D eigenvalue weighted by atomic mass is 9.98. The van der Waals surface area contributed by atoms with Gasteiger partial charge in [0.2, 0.25) is 10.0 Å². The summed E-state index contributed by atoms with van der Waals surface area (Å²) < 4.78 is 72.3. The number of nitrogens with zero attached hydrogens (tertiary/aromatic N) is 2. The van der Waals surface area contributed by atoms with Crippen LogP contribution in [0.2, 0.25) is 0 Å². The third kappa shape index (κ3) is 6.73. The van der Waals surface area contributed by atoms with Crippen molar-refractivity contribution >= 4 is 21.7 Å². The van der Waals surface area contributed by atoms with Crippen LogP contribution in [0.25, 0.3) is 0 Å². The van der Waals surface area contributed by atoms with E-state index in [-0.39, 0.29) is 56.9 Å². The smallest absolute Gasteiger partial charge is 0.406 e. The van der Waals surface area contributed by atoms with Crippen LogP contribution in [0.3, 0.4) is 0 Å². The molecule has 0 unspecified atom stereocenters. The van der Waals surface area contributed by atoms with Crippen molar-refractivity contribution in [2.45, 2.75) is 43.2 Å². The predicted octanol–water partition coefficient (Wildman–Crippen LogP) is 1.94. The molecule has 0 bridgehead atoms. The Morgan fingerprint density at radius 2 is 1.78 bits per heavy atom. The highest BCUT2D eigenvalue weighted by Gasteiger charge is 2.54. The number of amides is 1. The number of hydrogen-bond donors (Lipinski definition) is 2. The minimum atomic E-state index is -4.83. The summed E-state index contributed by atoms with van der Waals surface area (Å²) in [4.78, 5) is 26.7. The summed E-state index contributed by atoms with van der Waals surface area (Å²) in [5.74, 6) is -1.68. The lowest BCUT2D eigenvalue weighted by Gasteiger charge is -2.41. The highest BCUT2D eigenvalue weighted by atomic mass is 32.2. The predicted molar refractivity (Wildman–Crippen MR) is 121 cm³/mol. The number of unbranched alkanes of at least 4 members (excludes halogenated alkanes) is 1. The first-order valence-electron chi connectivity index (χ1n) is 11.6. The van der Waals surface area contributed by atoms with Crippen molar-refractivity contribution in [1.29, 1.82) is 0 Å². The molecule has 0 spiro atoms. The van der Waals surface area contributed by atoms with Crippen LogP contribution >= 0.6 is 0 Å². The van der Waals surface area contributed by atoms with E-state index in [0.29, 0.717) is 32.5 Å². The van der Waals surface area contributed by atoms with Gasteiger partial charge >= 0.3 is 6.36 Å². The molecule has 2 heterocycles. The van der Waals surface area contributed by atoms with Crippen LogP contribution in [-0.4, -0.2) is 91.6 Å². The van der Waals surface area contributed by atoms with Crippen molar-refractivity contribution in [3.8, 4) is 5.75 Å². The number of hydrogen-bond acceptors (Lipinski definition) is 8. The molecule has 10 nitrogen and oxygen atoms in total. The Labute approximate surface area is 207 Å². The normalized spacial score (nSPS) is 19.6. The van der Waals surface area contributed by atoms with Crippen molar-refractivity contribution in [2.75, 3.05) is 45.9 Å². The Balaban J connectivity index is 1.45. The molecule has 1 amide bonds. The van der Waals surface area contributed by atoms with Crippen LogP contribution in [0.4, 0.5) is 13.2 Å². The molecule has 3 rings (SSSR count). The molecule has 2 saturated heterocycles. The molecule has 2 fully saturated rings. The number of sulfonamides is 1. The molecule has 0 saturated carbocycles. The minimum Gasteiger partial charge on any atom is -0.406 e.